The highest BCUT2D eigenvalue weighted by Gasteiger charge is 2.14. The Morgan fingerprint density at radius 2 is 1.77 bits per heavy atom. The highest BCUT2D eigenvalue weighted by Crippen LogP contribution is 2.16. The predicted octanol–water partition coefficient (Wildman–Crippen LogP) is 1.61. The van der Waals surface area contributed by atoms with Crippen LogP contribution in [0.3, 0.4) is 0 Å². The Morgan fingerprint density at radius 1 is 1.14 bits per heavy atom. The number of hydrogen-bond acceptors (Lipinski definition) is 6. The zero-order valence-electron chi connectivity index (χ0n) is 11.1. The molecule has 0 aromatic heterocycles. The van der Waals surface area contributed by atoms with Crippen LogP contribution in [0.15, 0.2) is 58.5 Å². The minimum Gasteiger partial charge on any atom is -0.507 e. The lowest BCUT2D eigenvalue weighted by Gasteiger charge is -2.03. The fourth-order valence-electron chi connectivity index (χ4n) is 1.56. The number of nitrogens with zero attached hydrogens (tertiary/aromatic N) is 2. The van der Waals surface area contributed by atoms with Crippen molar-refractivity contribution in [2.45, 2.75) is 4.90 Å². The fourth-order valence-corrected chi connectivity index (χ4v) is 2.35. The maximum absolute atomic E-state index is 11.9. The SMILES string of the molecule is O=[N+]([O-])c1ccc(S(=O)(=O)N/N=C\c2ccccc2O)cc1. The second kappa shape index (κ2) is 6.22. The number of aromatic hydroxyl groups is 1. The van der Waals surface area contributed by atoms with Crippen molar-refractivity contribution in [1.82, 2.24) is 4.83 Å². The van der Waals surface area contributed by atoms with E-state index in [1.807, 2.05) is 4.83 Å². The van der Waals surface area contributed by atoms with E-state index in [1.165, 1.54) is 6.07 Å². The second-order valence-corrected chi connectivity index (χ2v) is 5.82. The lowest BCUT2D eigenvalue weighted by atomic mass is 10.2. The van der Waals surface area contributed by atoms with Crippen molar-refractivity contribution < 1.29 is 18.4 Å². The van der Waals surface area contributed by atoms with Gasteiger partial charge in [0.1, 0.15) is 5.75 Å². The van der Waals surface area contributed by atoms with Gasteiger partial charge >= 0.3 is 0 Å². The molecule has 0 amide bonds. The van der Waals surface area contributed by atoms with Gasteiger partial charge in [0, 0.05) is 17.7 Å². The number of hydrazone groups is 1. The van der Waals surface area contributed by atoms with Crippen LogP contribution in [0.5, 0.6) is 5.75 Å². The van der Waals surface area contributed by atoms with Gasteiger partial charge in [-0.25, -0.2) is 4.83 Å². The topological polar surface area (TPSA) is 122 Å². The molecular formula is C13H11N3O5S. The first-order valence-corrected chi connectivity index (χ1v) is 7.46. The van der Waals surface area contributed by atoms with E-state index in [-0.39, 0.29) is 16.3 Å². The van der Waals surface area contributed by atoms with E-state index in [4.69, 9.17) is 0 Å². The Hall–Kier alpha value is -2.94. The molecule has 2 rings (SSSR count). The largest absolute Gasteiger partial charge is 0.507 e. The first kappa shape index (κ1) is 15.4. The number of benzene rings is 2. The van der Waals surface area contributed by atoms with Gasteiger partial charge in [0.05, 0.1) is 16.0 Å². The average Bonchev–Trinajstić information content (AvgIpc) is 2.49. The van der Waals surface area contributed by atoms with E-state index >= 15 is 0 Å². The lowest BCUT2D eigenvalue weighted by Crippen LogP contribution is -2.18. The summed E-state index contributed by atoms with van der Waals surface area (Å²) in [7, 11) is -3.94. The molecule has 0 saturated carbocycles. The van der Waals surface area contributed by atoms with Gasteiger partial charge < -0.3 is 5.11 Å². The van der Waals surface area contributed by atoms with Gasteiger partial charge in [-0.3, -0.25) is 10.1 Å². The van der Waals surface area contributed by atoms with Crippen LogP contribution in [0.4, 0.5) is 5.69 Å². The van der Waals surface area contributed by atoms with E-state index < -0.39 is 14.9 Å². The van der Waals surface area contributed by atoms with Crippen LogP contribution in [0.25, 0.3) is 0 Å². The van der Waals surface area contributed by atoms with Crippen molar-refractivity contribution in [2.24, 2.45) is 5.10 Å². The van der Waals surface area contributed by atoms with Crippen molar-refractivity contribution in [3.63, 3.8) is 0 Å². The Bertz CT molecular complexity index is 816. The number of non-ortho nitro benzene ring substituents is 1. The average molecular weight is 321 g/mol. The van der Waals surface area contributed by atoms with Gasteiger partial charge in [0.2, 0.25) is 0 Å². The van der Waals surface area contributed by atoms with Crippen LogP contribution in [0.2, 0.25) is 0 Å². The lowest BCUT2D eigenvalue weighted by molar-refractivity contribution is -0.384. The van der Waals surface area contributed by atoms with Crippen LogP contribution >= 0.6 is 0 Å². The van der Waals surface area contributed by atoms with Crippen molar-refractivity contribution in [1.29, 1.82) is 0 Å². The molecular weight excluding hydrogens is 310 g/mol. The number of para-hydroxylation sites is 1. The summed E-state index contributed by atoms with van der Waals surface area (Å²) >= 11 is 0. The fraction of sp³-hybridized carbons (Fsp3) is 0. The zero-order valence-corrected chi connectivity index (χ0v) is 11.9. The third-order valence-electron chi connectivity index (χ3n) is 2.67. The molecule has 0 aliphatic carbocycles. The highest BCUT2D eigenvalue weighted by molar-refractivity contribution is 7.89. The summed E-state index contributed by atoms with van der Waals surface area (Å²) in [5, 5.41) is 23.6. The van der Waals surface area contributed by atoms with Crippen LogP contribution in [-0.4, -0.2) is 24.7 Å². The molecule has 2 aromatic rings. The van der Waals surface area contributed by atoms with E-state index in [9.17, 15) is 23.6 Å². The van der Waals surface area contributed by atoms with E-state index in [2.05, 4.69) is 5.10 Å². The molecule has 0 spiro atoms. The number of nitro groups is 1. The first-order chi connectivity index (χ1) is 10.4. The van der Waals surface area contributed by atoms with Crippen LogP contribution in [0, 0.1) is 10.1 Å². The van der Waals surface area contributed by atoms with Gasteiger partial charge in [0.25, 0.3) is 15.7 Å². The highest BCUT2D eigenvalue weighted by atomic mass is 32.2. The molecule has 0 unspecified atom stereocenters. The van der Waals surface area contributed by atoms with Crippen molar-refractivity contribution in [3.8, 4) is 5.75 Å². The minimum absolute atomic E-state index is 0.0409. The molecule has 0 aliphatic rings. The standard InChI is InChI=1S/C13H11N3O5S/c17-13-4-2-1-3-10(13)9-14-15-22(20,21)12-7-5-11(6-8-12)16(18)19/h1-9,15,17H/b14-9-. The Morgan fingerprint density at radius 3 is 2.36 bits per heavy atom. The second-order valence-electron chi connectivity index (χ2n) is 4.16. The molecule has 2 aromatic carbocycles. The third-order valence-corrected chi connectivity index (χ3v) is 3.91. The number of nitro benzene ring substituents is 1. The number of phenolic OH excluding ortho intramolecular Hbond substituents is 1. The Labute approximate surface area is 125 Å². The summed E-state index contributed by atoms with van der Waals surface area (Å²) in [5.74, 6) is -0.0409. The first-order valence-electron chi connectivity index (χ1n) is 5.97. The Balaban J connectivity index is 2.14. The molecule has 0 heterocycles. The summed E-state index contributed by atoms with van der Waals surface area (Å²) in [6.45, 7) is 0. The van der Waals surface area contributed by atoms with E-state index in [0.717, 1.165) is 30.5 Å². The quantitative estimate of drug-likeness (QED) is 0.492. The smallest absolute Gasteiger partial charge is 0.276 e. The summed E-state index contributed by atoms with van der Waals surface area (Å²) in [4.78, 5) is 11.7. The van der Waals surface area contributed by atoms with Gasteiger partial charge in [-0.1, -0.05) is 12.1 Å². The molecule has 22 heavy (non-hydrogen) atoms. The van der Waals surface area contributed by atoms with Gasteiger partial charge in [-0.05, 0) is 24.3 Å². The number of nitrogens with one attached hydrogen (secondary N) is 1. The Kier molecular flexibility index (Phi) is 4.37. The van der Waals surface area contributed by atoms with Crippen LogP contribution in [-0.2, 0) is 10.0 Å². The van der Waals surface area contributed by atoms with E-state index in [1.54, 1.807) is 18.2 Å². The maximum atomic E-state index is 11.9. The molecule has 0 bridgehead atoms. The molecule has 114 valence electrons. The van der Waals surface area contributed by atoms with Gasteiger partial charge in [0.15, 0.2) is 0 Å². The predicted molar refractivity (Wildman–Crippen MR) is 79.1 cm³/mol. The molecule has 0 radical (unpaired) electrons. The van der Waals surface area contributed by atoms with Crippen LogP contribution < -0.4 is 4.83 Å². The van der Waals surface area contributed by atoms with E-state index in [0.29, 0.717) is 5.56 Å². The molecule has 2 N–H and O–H groups in total. The summed E-state index contributed by atoms with van der Waals surface area (Å²) < 4.78 is 23.9. The molecule has 8 nitrogen and oxygen atoms in total. The molecule has 0 aliphatic heterocycles. The number of hydrogen-bond donors (Lipinski definition) is 2. The van der Waals surface area contributed by atoms with Crippen LogP contribution in [0.1, 0.15) is 5.56 Å². The summed E-state index contributed by atoms with van der Waals surface area (Å²) in [6, 6.07) is 10.7. The van der Waals surface area contributed by atoms with Crippen molar-refractivity contribution >= 4 is 21.9 Å². The number of rotatable bonds is 5. The molecule has 0 atom stereocenters. The zero-order chi connectivity index (χ0) is 16.2. The maximum Gasteiger partial charge on any atom is 0.276 e. The van der Waals surface area contributed by atoms with Gasteiger partial charge in [-0.15, -0.1) is 0 Å². The van der Waals surface area contributed by atoms with Crippen molar-refractivity contribution in [3.05, 3.63) is 64.2 Å². The molecule has 0 saturated heterocycles. The summed E-state index contributed by atoms with van der Waals surface area (Å²) in [5.41, 5.74) is 0.130. The number of sulfonamides is 1. The third kappa shape index (κ3) is 3.58. The van der Waals surface area contributed by atoms with Crippen molar-refractivity contribution in [2.75, 3.05) is 0 Å². The number of phenols is 1. The van der Waals surface area contributed by atoms with Gasteiger partial charge in [-0.2, -0.15) is 13.5 Å². The molecule has 0 fully saturated rings. The normalized spacial score (nSPS) is 11.5. The minimum atomic E-state index is -3.94. The summed E-state index contributed by atoms with van der Waals surface area (Å²) in [6.07, 6.45) is 1.15. The monoisotopic (exact) mass is 321 g/mol. The molecule has 9 heteroatoms.